The number of allylic oxidation sites excluding steroid dienone is 1. The van der Waals surface area contributed by atoms with Gasteiger partial charge < -0.3 is 30.1 Å². The van der Waals surface area contributed by atoms with E-state index in [1.54, 1.807) is 12.4 Å². The van der Waals surface area contributed by atoms with Gasteiger partial charge in [-0.3, -0.25) is 0 Å². The number of piperidine rings is 1. The van der Waals surface area contributed by atoms with Crippen molar-refractivity contribution in [3.63, 3.8) is 0 Å². The van der Waals surface area contributed by atoms with Crippen molar-refractivity contribution < 1.29 is 18.3 Å². The van der Waals surface area contributed by atoms with Crippen LogP contribution in [0.4, 0.5) is 8.78 Å². The van der Waals surface area contributed by atoms with Gasteiger partial charge in [0.15, 0.2) is 23.1 Å². The van der Waals surface area contributed by atoms with Crippen molar-refractivity contribution in [2.45, 2.75) is 25.3 Å². The van der Waals surface area contributed by atoms with Crippen LogP contribution in [0.2, 0.25) is 0 Å². The van der Waals surface area contributed by atoms with Crippen LogP contribution in [0.25, 0.3) is 16.6 Å². The highest BCUT2D eigenvalue weighted by Gasteiger charge is 2.22. The second-order valence-corrected chi connectivity index (χ2v) is 8.49. The fourth-order valence-corrected chi connectivity index (χ4v) is 4.24. The van der Waals surface area contributed by atoms with E-state index in [-0.39, 0.29) is 23.5 Å². The van der Waals surface area contributed by atoms with Gasteiger partial charge in [-0.05, 0) is 44.6 Å². The van der Waals surface area contributed by atoms with Crippen molar-refractivity contribution >= 4 is 22.8 Å². The van der Waals surface area contributed by atoms with Crippen LogP contribution < -0.4 is 14.8 Å². The van der Waals surface area contributed by atoms with E-state index >= 15 is 0 Å². The molecule has 2 aromatic heterocycles. The number of nitrogens with one attached hydrogen (secondary N) is 3. The van der Waals surface area contributed by atoms with Crippen molar-refractivity contribution in [2.24, 2.45) is 0 Å². The summed E-state index contributed by atoms with van der Waals surface area (Å²) in [5.74, 6) is -1.69. The summed E-state index contributed by atoms with van der Waals surface area (Å²) < 4.78 is 39.9. The highest BCUT2D eigenvalue weighted by molar-refractivity contribution is 6.09. The molecule has 4 rings (SSSR count). The van der Waals surface area contributed by atoms with Crippen molar-refractivity contribution in [1.29, 1.82) is 5.41 Å². The van der Waals surface area contributed by atoms with E-state index < -0.39 is 11.6 Å². The molecular weight excluding hydrogens is 440 g/mol. The molecule has 3 N–H and O–H groups in total. The molecule has 7 nitrogen and oxygen atoms in total. The summed E-state index contributed by atoms with van der Waals surface area (Å²) >= 11 is 0. The van der Waals surface area contributed by atoms with Crippen molar-refractivity contribution in [3.05, 3.63) is 59.1 Å². The Morgan fingerprint density at radius 2 is 1.88 bits per heavy atom. The van der Waals surface area contributed by atoms with E-state index in [0.29, 0.717) is 22.8 Å². The third-order valence-corrected chi connectivity index (χ3v) is 6.33. The van der Waals surface area contributed by atoms with Gasteiger partial charge in [-0.25, -0.2) is 13.8 Å². The maximum Gasteiger partial charge on any atom is 0.171 e. The molecule has 1 aliphatic rings. The molecule has 0 spiro atoms. The maximum absolute atomic E-state index is 14.9. The molecule has 1 aliphatic heterocycles. The molecule has 0 unspecified atom stereocenters. The van der Waals surface area contributed by atoms with E-state index in [9.17, 15) is 8.78 Å². The zero-order chi connectivity index (χ0) is 24.2. The van der Waals surface area contributed by atoms with Crippen LogP contribution >= 0.6 is 0 Å². The third-order valence-electron chi connectivity index (χ3n) is 6.33. The van der Waals surface area contributed by atoms with Crippen LogP contribution in [0.1, 0.15) is 29.5 Å². The van der Waals surface area contributed by atoms with Gasteiger partial charge in [0.1, 0.15) is 5.65 Å². The third kappa shape index (κ3) is 4.75. The number of rotatable bonds is 8. The van der Waals surface area contributed by atoms with Gasteiger partial charge in [0.2, 0.25) is 0 Å². The number of likely N-dealkylation sites (tertiary alicyclic amines) is 1. The summed E-state index contributed by atoms with van der Waals surface area (Å²) in [5, 5.41) is 12.0. The van der Waals surface area contributed by atoms with E-state index in [1.807, 2.05) is 12.3 Å². The average molecular weight is 470 g/mol. The highest BCUT2D eigenvalue weighted by Crippen LogP contribution is 2.34. The molecule has 1 fully saturated rings. The molecular formula is C25H29F2N5O2. The molecule has 1 aromatic carbocycles. The highest BCUT2D eigenvalue weighted by atomic mass is 19.1. The molecule has 9 heteroatoms. The molecule has 3 aromatic rings. The number of aromatic nitrogens is 2. The van der Waals surface area contributed by atoms with Crippen LogP contribution in [-0.4, -0.2) is 61.5 Å². The Balaban J connectivity index is 1.64. The molecule has 180 valence electrons. The number of halogens is 2. The van der Waals surface area contributed by atoms with Crippen LogP contribution in [0.3, 0.4) is 0 Å². The monoisotopic (exact) mass is 469 g/mol. The zero-order valence-electron chi connectivity index (χ0n) is 19.5. The molecule has 0 bridgehead atoms. The predicted molar refractivity (Wildman–Crippen MR) is 129 cm³/mol. The lowest BCUT2D eigenvalue weighted by molar-refractivity contribution is 0.244. The number of pyridine rings is 1. The maximum atomic E-state index is 14.9. The van der Waals surface area contributed by atoms with E-state index in [0.717, 1.165) is 36.9 Å². The Bertz CT molecular complexity index is 1190. The summed E-state index contributed by atoms with van der Waals surface area (Å²) in [6, 6.07) is 3.44. The van der Waals surface area contributed by atoms with Crippen LogP contribution in [-0.2, 0) is 6.42 Å². The van der Waals surface area contributed by atoms with Gasteiger partial charge in [0.25, 0.3) is 0 Å². The molecule has 34 heavy (non-hydrogen) atoms. The standard InChI is InChI=1S/C25H29F2N5O2/c1-32-6-4-18(5-7-32)29-14-17(11-28)15-8-19-16(13-31-25(19)30-12-15)9-20-23(26)21(33-2)10-22(34-3)24(20)27/h8,10-14,18,28-29H,4-7,9H2,1-3H3,(H,30,31)/b17-14+,28-11?. The van der Waals surface area contributed by atoms with Crippen LogP contribution in [0, 0.1) is 17.0 Å². The first-order valence-electron chi connectivity index (χ1n) is 11.2. The predicted octanol–water partition coefficient (Wildman–Crippen LogP) is 4.12. The van der Waals surface area contributed by atoms with Gasteiger partial charge >= 0.3 is 0 Å². The van der Waals surface area contributed by atoms with Gasteiger partial charge in [-0.2, -0.15) is 0 Å². The second kappa shape index (κ2) is 10.2. The lowest BCUT2D eigenvalue weighted by Gasteiger charge is -2.29. The number of H-pyrrole nitrogens is 1. The second-order valence-electron chi connectivity index (χ2n) is 8.49. The normalized spacial score (nSPS) is 15.5. The molecule has 0 amide bonds. The Kier molecular flexibility index (Phi) is 7.12. The number of ether oxygens (including phenoxy) is 2. The lowest BCUT2D eigenvalue weighted by atomic mass is 10.0. The average Bonchev–Trinajstić information content (AvgIpc) is 3.25. The number of nitrogens with zero attached hydrogens (tertiary/aromatic N) is 2. The fourth-order valence-electron chi connectivity index (χ4n) is 4.24. The number of hydrogen-bond acceptors (Lipinski definition) is 6. The van der Waals surface area contributed by atoms with E-state index in [1.165, 1.54) is 26.5 Å². The Morgan fingerprint density at radius 3 is 2.50 bits per heavy atom. The first-order valence-corrected chi connectivity index (χ1v) is 11.2. The number of methoxy groups -OCH3 is 2. The summed E-state index contributed by atoms with van der Waals surface area (Å²) in [7, 11) is 4.77. The van der Waals surface area contributed by atoms with E-state index in [4.69, 9.17) is 14.9 Å². The smallest absolute Gasteiger partial charge is 0.171 e. The minimum absolute atomic E-state index is 0.0200. The number of aromatic amines is 1. The minimum atomic E-state index is -0.762. The van der Waals surface area contributed by atoms with E-state index in [2.05, 4.69) is 27.2 Å². The molecule has 3 heterocycles. The topological polar surface area (TPSA) is 86.3 Å². The molecule has 1 saturated heterocycles. The fraction of sp³-hybridized carbons (Fsp3) is 0.360. The Hall–Kier alpha value is -3.46. The number of fused-ring (bicyclic) bond motifs is 1. The van der Waals surface area contributed by atoms with Gasteiger partial charge in [-0.1, -0.05) is 0 Å². The molecule has 0 saturated carbocycles. The first-order chi connectivity index (χ1) is 16.4. The van der Waals surface area contributed by atoms with Gasteiger partial charge in [-0.15, -0.1) is 0 Å². The van der Waals surface area contributed by atoms with Crippen LogP contribution in [0.5, 0.6) is 11.5 Å². The first kappa shape index (κ1) is 23.7. The summed E-state index contributed by atoms with van der Waals surface area (Å²) in [4.78, 5) is 9.82. The quantitative estimate of drug-likeness (QED) is 0.432. The number of benzene rings is 1. The summed E-state index contributed by atoms with van der Waals surface area (Å²) in [6.45, 7) is 2.07. The van der Waals surface area contributed by atoms with Gasteiger partial charge in [0.05, 0.1) is 14.2 Å². The van der Waals surface area contributed by atoms with Crippen LogP contribution in [0.15, 0.2) is 30.7 Å². The Labute approximate surface area is 197 Å². The summed E-state index contributed by atoms with van der Waals surface area (Å²) in [5.41, 5.74) is 2.55. The SMILES string of the molecule is COc1cc(OC)c(F)c(Cc2c[nH]c3ncc(/C(C=N)=C/NC4CCN(C)CC4)cc23)c1F. The lowest BCUT2D eigenvalue weighted by Crippen LogP contribution is -2.38. The molecule has 0 aliphatic carbocycles. The molecule has 0 radical (unpaired) electrons. The molecule has 0 atom stereocenters. The summed E-state index contributed by atoms with van der Waals surface area (Å²) in [6.07, 6.45) is 8.57. The largest absolute Gasteiger partial charge is 0.494 e. The zero-order valence-corrected chi connectivity index (χ0v) is 19.5. The van der Waals surface area contributed by atoms with Gasteiger partial charge in [0, 0.05) is 65.4 Å². The Morgan fingerprint density at radius 1 is 1.21 bits per heavy atom. The van der Waals surface area contributed by atoms with Crippen molar-refractivity contribution in [1.82, 2.24) is 20.2 Å². The van der Waals surface area contributed by atoms with Crippen molar-refractivity contribution in [3.8, 4) is 11.5 Å². The van der Waals surface area contributed by atoms with Crippen molar-refractivity contribution in [2.75, 3.05) is 34.4 Å². The minimum Gasteiger partial charge on any atom is -0.494 e. The number of hydrogen-bond donors (Lipinski definition) is 3.